The number of hydrogen-bond donors (Lipinski definition) is 1. The molecule has 33 heavy (non-hydrogen) atoms. The van der Waals surface area contributed by atoms with Crippen molar-refractivity contribution in [1.82, 2.24) is 4.98 Å². The number of carboxylic acids is 1. The van der Waals surface area contributed by atoms with Gasteiger partial charge >= 0.3 is 5.97 Å². The van der Waals surface area contributed by atoms with Gasteiger partial charge in [0, 0.05) is 34.7 Å². The van der Waals surface area contributed by atoms with Gasteiger partial charge in [-0.1, -0.05) is 32.1 Å². The van der Waals surface area contributed by atoms with Gasteiger partial charge in [0.2, 0.25) is 5.88 Å². The maximum absolute atomic E-state index is 10.9. The van der Waals surface area contributed by atoms with Crippen LogP contribution in [0.4, 0.5) is 0 Å². The molecule has 0 amide bonds. The van der Waals surface area contributed by atoms with Crippen LogP contribution < -0.4 is 9.47 Å². The molecule has 6 heteroatoms. The highest BCUT2D eigenvalue weighted by Gasteiger charge is 2.32. The number of aromatic nitrogens is 1. The third kappa shape index (κ3) is 5.28. The molecule has 2 heterocycles. The summed E-state index contributed by atoms with van der Waals surface area (Å²) in [5.41, 5.74) is 5.92. The Morgan fingerprint density at radius 3 is 2.82 bits per heavy atom. The van der Waals surface area contributed by atoms with Crippen molar-refractivity contribution >= 4 is 22.9 Å². The summed E-state index contributed by atoms with van der Waals surface area (Å²) in [7, 11) is 1.63. The monoisotopic (exact) mass is 463 g/mol. The quantitative estimate of drug-likeness (QED) is 0.386. The maximum Gasteiger partial charge on any atom is 0.303 e. The van der Waals surface area contributed by atoms with Crippen LogP contribution in [0.2, 0.25) is 0 Å². The molecule has 0 radical (unpaired) electrons. The molecule has 0 aliphatic heterocycles. The van der Waals surface area contributed by atoms with E-state index < -0.39 is 5.97 Å². The molecule has 1 aliphatic carbocycles. The molecule has 0 unspecified atom stereocenters. The van der Waals surface area contributed by atoms with Crippen molar-refractivity contribution in [2.24, 2.45) is 5.41 Å². The third-order valence-corrected chi connectivity index (χ3v) is 7.19. The minimum atomic E-state index is -0.794. The van der Waals surface area contributed by atoms with Gasteiger partial charge in [-0.25, -0.2) is 4.98 Å². The summed E-state index contributed by atoms with van der Waals surface area (Å²) in [4.78, 5) is 16.4. The minimum Gasteiger partial charge on any atom is -0.489 e. The number of ether oxygens (including phenoxy) is 2. The first-order chi connectivity index (χ1) is 15.9. The van der Waals surface area contributed by atoms with Gasteiger partial charge in [-0.2, -0.15) is 0 Å². The van der Waals surface area contributed by atoms with Crippen LogP contribution >= 0.6 is 11.3 Å². The number of carboxylic acid groups (broad SMARTS) is 1. The highest BCUT2D eigenvalue weighted by molar-refractivity contribution is 7.14. The van der Waals surface area contributed by atoms with E-state index in [1.165, 1.54) is 16.0 Å². The predicted octanol–water partition coefficient (Wildman–Crippen LogP) is 6.62. The molecule has 1 N–H and O–H groups in total. The number of hydrogen-bond acceptors (Lipinski definition) is 5. The highest BCUT2D eigenvalue weighted by atomic mass is 32.1. The molecule has 0 fully saturated rings. The lowest BCUT2D eigenvalue weighted by Crippen LogP contribution is -2.11. The van der Waals surface area contributed by atoms with Crippen LogP contribution in [0.3, 0.4) is 0 Å². The first-order valence-electron chi connectivity index (χ1n) is 11.1. The van der Waals surface area contributed by atoms with Gasteiger partial charge in [0.1, 0.15) is 12.4 Å². The lowest BCUT2D eigenvalue weighted by Gasteiger charge is -2.24. The third-order valence-electron chi connectivity index (χ3n) is 6.11. The number of pyridine rings is 1. The fourth-order valence-electron chi connectivity index (χ4n) is 4.30. The Labute approximate surface area is 198 Å². The molecular weight excluding hydrogens is 434 g/mol. The normalized spacial score (nSPS) is 14.7. The average molecular weight is 464 g/mol. The van der Waals surface area contributed by atoms with Gasteiger partial charge in [-0.3, -0.25) is 4.79 Å². The largest absolute Gasteiger partial charge is 0.489 e. The lowest BCUT2D eigenvalue weighted by atomic mass is 9.80. The molecule has 2 aromatic heterocycles. The molecule has 172 valence electrons. The molecular formula is C27H29NO4S. The van der Waals surface area contributed by atoms with E-state index in [1.54, 1.807) is 24.6 Å². The molecule has 1 aromatic carbocycles. The number of benzene rings is 1. The number of aryl methyl sites for hydroxylation is 1. The van der Waals surface area contributed by atoms with Gasteiger partial charge in [0.05, 0.1) is 7.11 Å². The Morgan fingerprint density at radius 1 is 1.24 bits per heavy atom. The van der Waals surface area contributed by atoms with Crippen molar-refractivity contribution in [3.05, 3.63) is 70.7 Å². The van der Waals surface area contributed by atoms with Crippen molar-refractivity contribution in [3.63, 3.8) is 0 Å². The summed E-state index contributed by atoms with van der Waals surface area (Å²) in [6.07, 6.45) is 6.95. The van der Waals surface area contributed by atoms with Crippen LogP contribution in [0.15, 0.2) is 54.1 Å². The number of methoxy groups -OCH3 is 1. The molecule has 1 aliphatic rings. The van der Waals surface area contributed by atoms with Crippen LogP contribution in [-0.2, 0) is 17.8 Å². The second-order valence-electron chi connectivity index (χ2n) is 8.92. The van der Waals surface area contributed by atoms with Crippen LogP contribution in [0.5, 0.6) is 11.6 Å². The fraction of sp³-hybridized carbons (Fsp3) is 0.333. The van der Waals surface area contributed by atoms with Crippen LogP contribution in [-0.4, -0.2) is 23.2 Å². The van der Waals surface area contributed by atoms with Crippen LogP contribution in [0.25, 0.3) is 16.0 Å². The Kier molecular flexibility index (Phi) is 6.84. The number of aliphatic carboxylic acids is 1. The molecule has 0 bridgehead atoms. The summed E-state index contributed by atoms with van der Waals surface area (Å²) >= 11 is 1.72. The van der Waals surface area contributed by atoms with Gasteiger partial charge in [0.15, 0.2) is 0 Å². The van der Waals surface area contributed by atoms with Crippen molar-refractivity contribution in [1.29, 1.82) is 0 Å². The van der Waals surface area contributed by atoms with Gasteiger partial charge in [-0.05, 0) is 65.0 Å². The van der Waals surface area contributed by atoms with Crippen molar-refractivity contribution < 1.29 is 19.4 Å². The molecule has 5 nitrogen and oxygen atoms in total. The predicted molar refractivity (Wildman–Crippen MR) is 132 cm³/mol. The summed E-state index contributed by atoms with van der Waals surface area (Å²) in [6.45, 7) is 5.05. The zero-order valence-corrected chi connectivity index (χ0v) is 20.1. The number of allylic oxidation sites excluding steroid dienone is 2. The molecule has 0 saturated carbocycles. The maximum atomic E-state index is 10.9. The summed E-state index contributed by atoms with van der Waals surface area (Å²) < 4.78 is 11.6. The van der Waals surface area contributed by atoms with E-state index in [-0.39, 0.29) is 11.8 Å². The zero-order chi connectivity index (χ0) is 23.4. The Hall–Kier alpha value is -3.12. The van der Waals surface area contributed by atoms with Crippen LogP contribution in [0, 0.1) is 5.41 Å². The zero-order valence-electron chi connectivity index (χ0n) is 19.3. The van der Waals surface area contributed by atoms with Crippen molar-refractivity contribution in [2.75, 3.05) is 7.11 Å². The Bertz CT molecular complexity index is 1180. The standard InChI is InChI=1S/C27H29NO4S/c1-27(2)12-5-8-22(27)25-20(17-33-26(25)19-11-13-28-23(15-19)31-3)16-32-21-7-4-6-18(14-21)9-10-24(29)30/h4,6-8,11,13-15,17H,5,9-10,12,16H2,1-3H3,(H,29,30). The number of carbonyl (C=O) groups is 1. The van der Waals surface area contributed by atoms with Gasteiger partial charge < -0.3 is 14.6 Å². The fourth-order valence-corrected chi connectivity index (χ4v) is 5.37. The number of thiophene rings is 1. The second kappa shape index (κ2) is 9.79. The Balaban J connectivity index is 1.64. The minimum absolute atomic E-state index is 0.0957. The summed E-state index contributed by atoms with van der Waals surface area (Å²) in [5.74, 6) is 0.557. The van der Waals surface area contributed by atoms with E-state index in [4.69, 9.17) is 14.6 Å². The number of nitrogens with zero attached hydrogens (tertiary/aromatic N) is 1. The van der Waals surface area contributed by atoms with E-state index in [0.717, 1.165) is 35.3 Å². The summed E-state index contributed by atoms with van der Waals surface area (Å²) in [5, 5.41) is 11.1. The Morgan fingerprint density at radius 2 is 2.09 bits per heavy atom. The van der Waals surface area contributed by atoms with E-state index in [0.29, 0.717) is 18.9 Å². The van der Waals surface area contributed by atoms with Crippen LogP contribution in [0.1, 0.15) is 49.8 Å². The first-order valence-corrected chi connectivity index (χ1v) is 12.0. The van der Waals surface area contributed by atoms with E-state index in [2.05, 4.69) is 30.3 Å². The van der Waals surface area contributed by atoms with E-state index in [9.17, 15) is 4.79 Å². The summed E-state index contributed by atoms with van der Waals surface area (Å²) in [6, 6.07) is 11.7. The highest BCUT2D eigenvalue weighted by Crippen LogP contribution is 2.50. The van der Waals surface area contributed by atoms with Gasteiger partial charge in [-0.15, -0.1) is 11.3 Å². The average Bonchev–Trinajstić information content (AvgIpc) is 3.38. The smallest absolute Gasteiger partial charge is 0.303 e. The molecule has 4 rings (SSSR count). The van der Waals surface area contributed by atoms with E-state index in [1.807, 2.05) is 36.4 Å². The van der Waals surface area contributed by atoms with Gasteiger partial charge in [0.25, 0.3) is 0 Å². The SMILES string of the molecule is COc1cc(-c2scc(COc3cccc(CCC(=O)O)c3)c2C2=CCCC2(C)C)ccn1. The molecule has 0 saturated heterocycles. The first kappa shape index (κ1) is 23.1. The molecule has 0 atom stereocenters. The lowest BCUT2D eigenvalue weighted by molar-refractivity contribution is -0.136. The van der Waals surface area contributed by atoms with E-state index >= 15 is 0 Å². The second-order valence-corrected chi connectivity index (χ2v) is 9.80. The topological polar surface area (TPSA) is 68.7 Å². The molecule has 0 spiro atoms. The molecule has 3 aromatic rings. The number of rotatable bonds is 9. The van der Waals surface area contributed by atoms with Crippen molar-refractivity contribution in [2.45, 2.75) is 46.1 Å². The van der Waals surface area contributed by atoms with Crippen molar-refractivity contribution in [3.8, 4) is 22.1 Å².